The van der Waals surface area contributed by atoms with Crippen molar-refractivity contribution in [2.24, 2.45) is 0 Å². The molecule has 6 heteroatoms. The smallest absolute Gasteiger partial charge is 0.329 e. The summed E-state index contributed by atoms with van der Waals surface area (Å²) in [7, 11) is 0. The van der Waals surface area contributed by atoms with Gasteiger partial charge in [0.1, 0.15) is 6.04 Å². The summed E-state index contributed by atoms with van der Waals surface area (Å²) in [6.07, 6.45) is -0.989. The lowest BCUT2D eigenvalue weighted by atomic mass is 10.1. The number of hydrogen-bond acceptors (Lipinski definition) is 4. The summed E-state index contributed by atoms with van der Waals surface area (Å²) in [5, 5.41) is 5.26. The zero-order valence-electron chi connectivity index (χ0n) is 15.9. The van der Waals surface area contributed by atoms with Gasteiger partial charge in [0, 0.05) is 11.3 Å². The van der Waals surface area contributed by atoms with E-state index in [2.05, 4.69) is 10.6 Å². The quantitative estimate of drug-likeness (QED) is 0.768. The van der Waals surface area contributed by atoms with Gasteiger partial charge in [0.05, 0.1) is 0 Å². The highest BCUT2D eigenvalue weighted by Gasteiger charge is 2.23. The Morgan fingerprint density at radius 2 is 1.59 bits per heavy atom. The van der Waals surface area contributed by atoms with E-state index in [1.54, 1.807) is 30.3 Å². The Kier molecular flexibility index (Phi) is 6.71. The number of carbonyl (C=O) groups is 3. The molecule has 0 saturated carbocycles. The number of aryl methyl sites for hydroxylation is 2. The second-order valence-electron chi connectivity index (χ2n) is 6.50. The third-order valence-corrected chi connectivity index (χ3v) is 3.96. The average molecular weight is 368 g/mol. The molecule has 27 heavy (non-hydrogen) atoms. The van der Waals surface area contributed by atoms with Crippen molar-refractivity contribution in [3.05, 3.63) is 65.2 Å². The van der Waals surface area contributed by atoms with Crippen LogP contribution in [0.3, 0.4) is 0 Å². The van der Waals surface area contributed by atoms with E-state index < -0.39 is 24.0 Å². The SMILES string of the molecule is Cc1ccc(NC(=O)[C@@H](C)OC(=O)[C@H](C)NC(=O)c2cccc(C)c2)cc1. The summed E-state index contributed by atoms with van der Waals surface area (Å²) in [5.41, 5.74) is 3.10. The monoisotopic (exact) mass is 368 g/mol. The van der Waals surface area contributed by atoms with Crippen LogP contribution in [0.25, 0.3) is 0 Å². The highest BCUT2D eigenvalue weighted by Crippen LogP contribution is 2.10. The fraction of sp³-hybridized carbons (Fsp3) is 0.286. The van der Waals surface area contributed by atoms with Crippen LogP contribution in [0, 0.1) is 13.8 Å². The molecule has 0 radical (unpaired) electrons. The lowest BCUT2D eigenvalue weighted by Gasteiger charge is -2.17. The molecule has 0 aromatic heterocycles. The van der Waals surface area contributed by atoms with Gasteiger partial charge in [-0.25, -0.2) is 4.79 Å². The van der Waals surface area contributed by atoms with Crippen LogP contribution in [0.5, 0.6) is 0 Å². The number of benzene rings is 2. The standard InChI is InChI=1S/C21H24N2O4/c1-13-8-10-18(11-9-13)23-19(24)16(4)27-21(26)15(3)22-20(25)17-7-5-6-14(2)12-17/h5-12,15-16H,1-4H3,(H,22,25)(H,23,24)/t15-,16+/m0/s1. The van der Waals surface area contributed by atoms with E-state index in [-0.39, 0.29) is 5.91 Å². The third kappa shape index (κ3) is 5.95. The molecule has 2 rings (SSSR count). The van der Waals surface area contributed by atoms with Gasteiger partial charge in [-0.1, -0.05) is 35.4 Å². The second kappa shape index (κ2) is 8.98. The Labute approximate surface area is 158 Å². The second-order valence-corrected chi connectivity index (χ2v) is 6.50. The molecule has 0 aliphatic heterocycles. The fourth-order valence-electron chi connectivity index (χ4n) is 2.34. The zero-order chi connectivity index (χ0) is 20.0. The summed E-state index contributed by atoms with van der Waals surface area (Å²) >= 11 is 0. The number of anilines is 1. The summed E-state index contributed by atoms with van der Waals surface area (Å²) in [4.78, 5) is 36.5. The van der Waals surface area contributed by atoms with E-state index in [1.807, 2.05) is 32.0 Å². The molecule has 0 saturated heterocycles. The third-order valence-electron chi connectivity index (χ3n) is 3.96. The van der Waals surface area contributed by atoms with Gasteiger partial charge in [0.25, 0.3) is 11.8 Å². The molecular weight excluding hydrogens is 344 g/mol. The van der Waals surface area contributed by atoms with Crippen molar-refractivity contribution in [1.82, 2.24) is 5.32 Å². The molecule has 0 aliphatic carbocycles. The number of esters is 1. The van der Waals surface area contributed by atoms with Gasteiger partial charge in [0.2, 0.25) is 0 Å². The molecule has 0 bridgehead atoms. The molecule has 0 unspecified atom stereocenters. The number of carbonyl (C=O) groups excluding carboxylic acids is 3. The molecule has 0 heterocycles. The lowest BCUT2D eigenvalue weighted by molar-refractivity contribution is -0.154. The maximum Gasteiger partial charge on any atom is 0.329 e. The van der Waals surface area contributed by atoms with Gasteiger partial charge in [-0.05, 0) is 52.0 Å². The first kappa shape index (κ1) is 20.2. The van der Waals surface area contributed by atoms with E-state index in [4.69, 9.17) is 4.74 Å². The first-order chi connectivity index (χ1) is 12.8. The summed E-state index contributed by atoms with van der Waals surface area (Å²) in [6, 6.07) is 13.4. The molecule has 142 valence electrons. The van der Waals surface area contributed by atoms with Crippen LogP contribution < -0.4 is 10.6 Å². The minimum absolute atomic E-state index is 0.375. The number of rotatable bonds is 6. The Hall–Kier alpha value is -3.15. The highest BCUT2D eigenvalue weighted by atomic mass is 16.5. The number of hydrogen-bond donors (Lipinski definition) is 2. The molecule has 2 aromatic carbocycles. The van der Waals surface area contributed by atoms with Crippen LogP contribution in [-0.2, 0) is 14.3 Å². The molecule has 0 fully saturated rings. The van der Waals surface area contributed by atoms with E-state index in [9.17, 15) is 14.4 Å². The molecule has 0 aliphatic rings. The predicted octanol–water partition coefficient (Wildman–Crippen LogP) is 2.99. The van der Waals surface area contributed by atoms with Crippen LogP contribution in [-0.4, -0.2) is 29.9 Å². The number of ether oxygens (including phenoxy) is 1. The number of nitrogens with one attached hydrogen (secondary N) is 2. The first-order valence-electron chi connectivity index (χ1n) is 8.72. The van der Waals surface area contributed by atoms with Crippen molar-refractivity contribution in [2.45, 2.75) is 39.8 Å². The van der Waals surface area contributed by atoms with Crippen LogP contribution in [0.2, 0.25) is 0 Å². The summed E-state index contributed by atoms with van der Waals surface area (Å²) in [6.45, 7) is 6.82. The van der Waals surface area contributed by atoms with Crippen molar-refractivity contribution in [3.8, 4) is 0 Å². The molecular formula is C21H24N2O4. The molecule has 0 spiro atoms. The van der Waals surface area contributed by atoms with Gasteiger partial charge in [0.15, 0.2) is 6.10 Å². The Balaban J connectivity index is 1.88. The largest absolute Gasteiger partial charge is 0.451 e. The van der Waals surface area contributed by atoms with Crippen LogP contribution >= 0.6 is 0 Å². The van der Waals surface area contributed by atoms with E-state index in [1.165, 1.54) is 13.8 Å². The van der Waals surface area contributed by atoms with Crippen LogP contribution in [0.15, 0.2) is 48.5 Å². The highest BCUT2D eigenvalue weighted by molar-refractivity contribution is 5.98. The van der Waals surface area contributed by atoms with Gasteiger partial charge in [-0.3, -0.25) is 9.59 Å². The van der Waals surface area contributed by atoms with Gasteiger partial charge in [-0.2, -0.15) is 0 Å². The van der Waals surface area contributed by atoms with Crippen LogP contribution in [0.1, 0.15) is 35.3 Å². The molecule has 2 atom stereocenters. The topological polar surface area (TPSA) is 84.5 Å². The molecule has 2 N–H and O–H groups in total. The van der Waals surface area contributed by atoms with Gasteiger partial charge < -0.3 is 15.4 Å². The van der Waals surface area contributed by atoms with Crippen LogP contribution in [0.4, 0.5) is 5.69 Å². The van der Waals surface area contributed by atoms with Gasteiger partial charge in [-0.15, -0.1) is 0 Å². The zero-order valence-corrected chi connectivity index (χ0v) is 15.9. The van der Waals surface area contributed by atoms with E-state index >= 15 is 0 Å². The van der Waals surface area contributed by atoms with Crippen molar-refractivity contribution in [2.75, 3.05) is 5.32 Å². The fourth-order valence-corrected chi connectivity index (χ4v) is 2.34. The molecule has 2 amide bonds. The lowest BCUT2D eigenvalue weighted by Crippen LogP contribution is -2.42. The van der Waals surface area contributed by atoms with Crippen molar-refractivity contribution in [1.29, 1.82) is 0 Å². The minimum atomic E-state index is -0.989. The minimum Gasteiger partial charge on any atom is -0.451 e. The maximum absolute atomic E-state index is 12.2. The first-order valence-corrected chi connectivity index (χ1v) is 8.72. The Morgan fingerprint density at radius 3 is 2.22 bits per heavy atom. The maximum atomic E-state index is 12.2. The van der Waals surface area contributed by atoms with Crippen molar-refractivity contribution < 1.29 is 19.1 Å². The molecule has 2 aromatic rings. The predicted molar refractivity (Wildman–Crippen MR) is 103 cm³/mol. The summed E-state index contributed by atoms with van der Waals surface area (Å²) in [5.74, 6) is -1.49. The van der Waals surface area contributed by atoms with E-state index in [0.29, 0.717) is 11.3 Å². The number of amides is 2. The average Bonchev–Trinajstić information content (AvgIpc) is 2.63. The summed E-state index contributed by atoms with van der Waals surface area (Å²) < 4.78 is 5.16. The Bertz CT molecular complexity index is 830. The van der Waals surface area contributed by atoms with Gasteiger partial charge >= 0.3 is 5.97 Å². The molecule has 6 nitrogen and oxygen atoms in total. The Morgan fingerprint density at radius 1 is 0.926 bits per heavy atom. The van der Waals surface area contributed by atoms with Crippen molar-refractivity contribution in [3.63, 3.8) is 0 Å². The van der Waals surface area contributed by atoms with Crippen molar-refractivity contribution >= 4 is 23.5 Å². The normalized spacial score (nSPS) is 12.6. The van der Waals surface area contributed by atoms with E-state index in [0.717, 1.165) is 11.1 Å².